The summed E-state index contributed by atoms with van der Waals surface area (Å²) < 4.78 is 0.0223. The topological polar surface area (TPSA) is 98.7 Å². The highest BCUT2D eigenvalue weighted by molar-refractivity contribution is 8.00. The lowest BCUT2D eigenvalue weighted by Crippen LogP contribution is -2.56. The number of hydrogen-bond acceptors (Lipinski definition) is 5. The van der Waals surface area contributed by atoms with E-state index in [1.165, 1.54) is 12.5 Å². The van der Waals surface area contributed by atoms with Crippen LogP contribution in [0.25, 0.3) is 0 Å². The van der Waals surface area contributed by atoms with Crippen LogP contribution < -0.4 is 10.6 Å². The highest BCUT2D eigenvalue weighted by atomic mass is 32.2. The van der Waals surface area contributed by atoms with Gasteiger partial charge in [-0.15, -0.1) is 6.58 Å². The Morgan fingerprint density at radius 1 is 0.974 bits per heavy atom. The number of rotatable bonds is 15. The molecule has 1 aromatic rings. The summed E-state index contributed by atoms with van der Waals surface area (Å²) in [7, 11) is 0. The first-order chi connectivity index (χ1) is 18.6. The first kappa shape index (κ1) is 31.7. The van der Waals surface area contributed by atoms with Crippen molar-refractivity contribution in [1.29, 1.82) is 0 Å². The summed E-state index contributed by atoms with van der Waals surface area (Å²) in [6, 6.07) is 8.77. The molecule has 1 aromatic carbocycles. The summed E-state index contributed by atoms with van der Waals surface area (Å²) in [5.41, 5.74) is 1.10. The van der Waals surface area contributed by atoms with Gasteiger partial charge in [0.25, 0.3) is 0 Å². The smallest absolute Gasteiger partial charge is 0.242 e. The molecule has 0 aliphatic heterocycles. The van der Waals surface area contributed by atoms with Crippen molar-refractivity contribution >= 4 is 23.6 Å². The number of carbonyl (C=O) groups is 2. The van der Waals surface area contributed by atoms with E-state index in [2.05, 4.69) is 38.0 Å². The fraction of sp³-hybridized carbons (Fsp3) is 0.688. The maximum atomic E-state index is 13.7. The molecule has 0 unspecified atom stereocenters. The van der Waals surface area contributed by atoms with Crippen LogP contribution in [0, 0.1) is 17.8 Å². The fourth-order valence-corrected chi connectivity index (χ4v) is 6.38. The zero-order valence-corrected chi connectivity index (χ0v) is 24.9. The van der Waals surface area contributed by atoms with Crippen molar-refractivity contribution in [1.82, 2.24) is 10.6 Å². The lowest BCUT2D eigenvalue weighted by molar-refractivity contribution is -0.132. The molecular formula is C32H50N2O4S. The van der Waals surface area contributed by atoms with E-state index in [-0.39, 0.29) is 22.5 Å². The highest BCUT2D eigenvalue weighted by Gasteiger charge is 2.36. The average molecular weight is 559 g/mol. The van der Waals surface area contributed by atoms with Gasteiger partial charge in [0.1, 0.15) is 12.1 Å². The predicted molar refractivity (Wildman–Crippen MR) is 160 cm³/mol. The van der Waals surface area contributed by atoms with Gasteiger partial charge in [-0.3, -0.25) is 9.59 Å². The number of benzene rings is 1. The number of thioether (sulfide) groups is 1. The molecule has 2 aliphatic rings. The van der Waals surface area contributed by atoms with Gasteiger partial charge < -0.3 is 20.8 Å². The molecule has 2 aliphatic carbocycles. The van der Waals surface area contributed by atoms with E-state index in [9.17, 15) is 19.8 Å². The molecule has 3 rings (SSSR count). The minimum absolute atomic E-state index is 0.0223. The van der Waals surface area contributed by atoms with Crippen LogP contribution in [0.2, 0.25) is 0 Å². The molecule has 5 atom stereocenters. The van der Waals surface area contributed by atoms with Crippen LogP contribution in [-0.4, -0.2) is 56.8 Å². The number of aliphatic hydroxyl groups is 2. The Labute approximate surface area is 239 Å². The van der Waals surface area contributed by atoms with E-state index in [4.69, 9.17) is 0 Å². The molecule has 2 saturated carbocycles. The van der Waals surface area contributed by atoms with Gasteiger partial charge in [0.2, 0.25) is 11.8 Å². The molecule has 4 N–H and O–H groups in total. The molecule has 218 valence electrons. The molecule has 0 saturated heterocycles. The Morgan fingerprint density at radius 3 is 2.21 bits per heavy atom. The SMILES string of the molecule is C=C[C@H](O)[C@H](O)[C@H](CC1CCCCC1)NC(=O)[C@H](CC1CC1)NC(=O)[C@@H](CSC(C)(C)C)Cc1ccccc1. The van der Waals surface area contributed by atoms with Crippen molar-refractivity contribution < 1.29 is 19.8 Å². The Kier molecular flexibility index (Phi) is 12.4. The number of hydrogen-bond donors (Lipinski definition) is 4. The molecular weight excluding hydrogens is 508 g/mol. The number of aliphatic hydroxyl groups excluding tert-OH is 2. The summed E-state index contributed by atoms with van der Waals surface area (Å²) in [4.78, 5) is 27.3. The van der Waals surface area contributed by atoms with Crippen LogP contribution in [0.5, 0.6) is 0 Å². The van der Waals surface area contributed by atoms with Crippen LogP contribution in [0.4, 0.5) is 0 Å². The molecule has 7 heteroatoms. The van der Waals surface area contributed by atoms with E-state index in [0.29, 0.717) is 36.9 Å². The normalized spacial score (nSPS) is 20.3. The molecule has 6 nitrogen and oxygen atoms in total. The molecule has 0 spiro atoms. The van der Waals surface area contributed by atoms with E-state index in [1.807, 2.05) is 30.3 Å². The van der Waals surface area contributed by atoms with Crippen molar-refractivity contribution in [3.63, 3.8) is 0 Å². The standard InChI is InChI=1S/C32H50N2O4S/c1-5-28(35)29(36)26(19-23-14-10-7-11-15-23)33-31(38)27(20-24-16-17-24)34-30(37)25(21-39-32(2,3)4)18-22-12-8-6-9-13-22/h5-6,8-9,12-13,23-29,35-36H,1,7,10-11,14-21H2,2-4H3,(H,33,38)(H,34,37)/t25-,26+,27+,28+,29-/m1/s1. The molecule has 0 heterocycles. The van der Waals surface area contributed by atoms with Gasteiger partial charge in [0, 0.05) is 10.5 Å². The average Bonchev–Trinajstić information content (AvgIpc) is 3.74. The number of nitrogens with one attached hydrogen (secondary N) is 2. The van der Waals surface area contributed by atoms with E-state index < -0.39 is 24.3 Å². The van der Waals surface area contributed by atoms with Crippen LogP contribution in [0.15, 0.2) is 43.0 Å². The third kappa shape index (κ3) is 11.3. The Balaban J connectivity index is 1.73. The van der Waals surface area contributed by atoms with Gasteiger partial charge >= 0.3 is 0 Å². The maximum Gasteiger partial charge on any atom is 0.242 e. The quantitative estimate of drug-likeness (QED) is 0.227. The Morgan fingerprint density at radius 2 is 1.62 bits per heavy atom. The van der Waals surface area contributed by atoms with Crippen molar-refractivity contribution in [2.24, 2.45) is 17.8 Å². The highest BCUT2D eigenvalue weighted by Crippen LogP contribution is 2.34. The number of carbonyl (C=O) groups excluding carboxylic acids is 2. The van der Waals surface area contributed by atoms with Crippen LogP contribution >= 0.6 is 11.8 Å². The molecule has 2 amide bonds. The van der Waals surface area contributed by atoms with Crippen molar-refractivity contribution in [2.75, 3.05) is 5.75 Å². The monoisotopic (exact) mass is 558 g/mol. The second-order valence-electron chi connectivity index (χ2n) is 12.6. The summed E-state index contributed by atoms with van der Waals surface area (Å²) in [6.07, 6.45) is 8.67. The molecule has 39 heavy (non-hydrogen) atoms. The summed E-state index contributed by atoms with van der Waals surface area (Å²) >= 11 is 1.76. The van der Waals surface area contributed by atoms with Crippen molar-refractivity contribution in [3.05, 3.63) is 48.6 Å². The van der Waals surface area contributed by atoms with E-state index >= 15 is 0 Å². The van der Waals surface area contributed by atoms with Crippen molar-refractivity contribution in [3.8, 4) is 0 Å². The van der Waals surface area contributed by atoms with Gasteiger partial charge in [0.05, 0.1) is 18.1 Å². The van der Waals surface area contributed by atoms with E-state index in [0.717, 1.165) is 44.1 Å². The third-order valence-electron chi connectivity index (χ3n) is 7.96. The molecule has 0 aromatic heterocycles. The lowest BCUT2D eigenvalue weighted by atomic mass is 9.83. The molecule has 0 radical (unpaired) electrons. The van der Waals surface area contributed by atoms with Crippen molar-refractivity contribution in [2.45, 2.75) is 114 Å². The zero-order valence-electron chi connectivity index (χ0n) is 24.1. The fourth-order valence-electron chi connectivity index (χ4n) is 5.41. The summed E-state index contributed by atoms with van der Waals surface area (Å²) in [5.74, 6) is 0.851. The predicted octanol–water partition coefficient (Wildman–Crippen LogP) is 5.02. The third-order valence-corrected chi connectivity index (χ3v) is 9.39. The Hall–Kier alpha value is -1.83. The second kappa shape index (κ2) is 15.2. The molecule has 2 fully saturated rings. The maximum absolute atomic E-state index is 13.7. The summed E-state index contributed by atoms with van der Waals surface area (Å²) in [5, 5.41) is 27.4. The first-order valence-electron chi connectivity index (χ1n) is 14.8. The zero-order chi connectivity index (χ0) is 28.4. The Bertz CT molecular complexity index is 908. The van der Waals surface area contributed by atoms with Gasteiger partial charge in [0.15, 0.2) is 0 Å². The number of amides is 2. The van der Waals surface area contributed by atoms with Crippen LogP contribution in [-0.2, 0) is 16.0 Å². The lowest BCUT2D eigenvalue weighted by Gasteiger charge is -2.33. The van der Waals surface area contributed by atoms with Crippen LogP contribution in [0.3, 0.4) is 0 Å². The first-order valence-corrected chi connectivity index (χ1v) is 15.8. The van der Waals surface area contributed by atoms with Gasteiger partial charge in [-0.1, -0.05) is 102 Å². The minimum atomic E-state index is -1.14. The largest absolute Gasteiger partial charge is 0.388 e. The van der Waals surface area contributed by atoms with Gasteiger partial charge in [-0.05, 0) is 36.7 Å². The van der Waals surface area contributed by atoms with Crippen LogP contribution in [0.1, 0.15) is 84.1 Å². The van der Waals surface area contributed by atoms with E-state index in [1.54, 1.807) is 11.8 Å². The summed E-state index contributed by atoms with van der Waals surface area (Å²) in [6.45, 7) is 10.1. The second-order valence-corrected chi connectivity index (χ2v) is 14.5. The minimum Gasteiger partial charge on any atom is -0.388 e. The van der Waals surface area contributed by atoms with Gasteiger partial charge in [-0.25, -0.2) is 0 Å². The van der Waals surface area contributed by atoms with Gasteiger partial charge in [-0.2, -0.15) is 11.8 Å². The molecule has 0 bridgehead atoms.